The Bertz CT molecular complexity index is 793. The van der Waals surface area contributed by atoms with Gasteiger partial charge in [0.05, 0.1) is 11.3 Å². The zero-order valence-electron chi connectivity index (χ0n) is 14.1. The van der Waals surface area contributed by atoms with Gasteiger partial charge in [0.1, 0.15) is 6.33 Å². The minimum atomic E-state index is -1.02. The minimum Gasteiger partial charge on any atom is -0.478 e. The van der Waals surface area contributed by atoms with E-state index < -0.39 is 5.97 Å². The topological polar surface area (TPSA) is 96.3 Å². The first-order valence-corrected chi connectivity index (χ1v) is 8.28. The molecule has 1 saturated heterocycles. The molecule has 0 saturated carbocycles. The number of pyridine rings is 1. The molecule has 1 aliphatic rings. The molecule has 3 rings (SSSR count). The summed E-state index contributed by atoms with van der Waals surface area (Å²) in [5, 5.41) is 9.09. The number of carbonyl (C=O) groups excluding carboxylic acids is 1. The molecule has 0 unspecified atom stereocenters. The van der Waals surface area contributed by atoms with Crippen LogP contribution >= 0.6 is 0 Å². The Labute approximate surface area is 145 Å². The van der Waals surface area contributed by atoms with Crippen LogP contribution in [0.25, 0.3) is 11.3 Å². The van der Waals surface area contributed by atoms with Crippen LogP contribution < -0.4 is 0 Å². The third-order valence-electron chi connectivity index (χ3n) is 4.47. The number of carboxylic acids is 1. The SMILES string of the molecule is CC(=O)N1CCC[C@@H](Cc2cc(-c3cncc(C(=O)O)c3)ncn2)C1. The van der Waals surface area contributed by atoms with Crippen LogP contribution in [0.3, 0.4) is 0 Å². The van der Waals surface area contributed by atoms with Crippen molar-refractivity contribution in [1.82, 2.24) is 19.9 Å². The molecule has 0 bridgehead atoms. The highest BCUT2D eigenvalue weighted by Crippen LogP contribution is 2.22. The van der Waals surface area contributed by atoms with Crippen LogP contribution in [0.15, 0.2) is 30.9 Å². The second-order valence-electron chi connectivity index (χ2n) is 6.34. The number of hydrogen-bond acceptors (Lipinski definition) is 5. The Kier molecular flexibility index (Phi) is 5.02. The summed E-state index contributed by atoms with van der Waals surface area (Å²) >= 11 is 0. The van der Waals surface area contributed by atoms with Crippen LogP contribution in [0.4, 0.5) is 0 Å². The normalized spacial score (nSPS) is 17.3. The summed E-state index contributed by atoms with van der Waals surface area (Å²) in [4.78, 5) is 37.1. The van der Waals surface area contributed by atoms with E-state index in [1.165, 1.54) is 12.5 Å². The highest BCUT2D eigenvalue weighted by Gasteiger charge is 2.22. The van der Waals surface area contributed by atoms with Crippen molar-refractivity contribution in [2.24, 2.45) is 5.92 Å². The van der Waals surface area contributed by atoms with E-state index >= 15 is 0 Å². The molecule has 1 atom stereocenters. The minimum absolute atomic E-state index is 0.115. The van der Waals surface area contributed by atoms with Gasteiger partial charge in [-0.1, -0.05) is 0 Å². The standard InChI is InChI=1S/C18H20N4O3/c1-12(23)22-4-2-3-13(10-22)5-16-7-17(21-11-20-16)14-6-15(18(24)25)9-19-8-14/h6-9,11,13H,2-5,10H2,1H3,(H,24,25)/t13-/m0/s1. The van der Waals surface area contributed by atoms with Crippen molar-refractivity contribution in [3.8, 4) is 11.3 Å². The van der Waals surface area contributed by atoms with E-state index in [4.69, 9.17) is 5.11 Å². The number of nitrogens with zero attached hydrogens (tertiary/aromatic N) is 4. The van der Waals surface area contributed by atoms with Gasteiger partial charge in [0.15, 0.2) is 0 Å². The van der Waals surface area contributed by atoms with Gasteiger partial charge in [0, 0.05) is 43.7 Å². The van der Waals surface area contributed by atoms with Crippen molar-refractivity contribution in [1.29, 1.82) is 0 Å². The average molecular weight is 340 g/mol. The molecule has 1 N–H and O–H groups in total. The number of likely N-dealkylation sites (tertiary alicyclic amines) is 1. The second-order valence-corrected chi connectivity index (χ2v) is 6.34. The van der Waals surface area contributed by atoms with Crippen molar-refractivity contribution >= 4 is 11.9 Å². The lowest BCUT2D eigenvalue weighted by Gasteiger charge is -2.31. The van der Waals surface area contributed by atoms with Gasteiger partial charge in [-0.2, -0.15) is 0 Å². The van der Waals surface area contributed by atoms with E-state index in [-0.39, 0.29) is 11.5 Å². The highest BCUT2D eigenvalue weighted by atomic mass is 16.4. The summed E-state index contributed by atoms with van der Waals surface area (Å²) in [5.41, 5.74) is 2.32. The Morgan fingerprint density at radius 2 is 2.12 bits per heavy atom. The molecular weight excluding hydrogens is 320 g/mol. The van der Waals surface area contributed by atoms with E-state index in [2.05, 4.69) is 15.0 Å². The van der Waals surface area contributed by atoms with Crippen molar-refractivity contribution in [2.45, 2.75) is 26.2 Å². The predicted molar refractivity (Wildman–Crippen MR) is 90.9 cm³/mol. The van der Waals surface area contributed by atoms with Gasteiger partial charge in [-0.25, -0.2) is 14.8 Å². The summed E-state index contributed by atoms with van der Waals surface area (Å²) in [7, 11) is 0. The number of hydrogen-bond donors (Lipinski definition) is 1. The molecule has 1 amide bonds. The second kappa shape index (κ2) is 7.38. The summed E-state index contributed by atoms with van der Waals surface area (Å²) in [5.74, 6) is -0.524. The highest BCUT2D eigenvalue weighted by molar-refractivity contribution is 5.88. The first-order chi connectivity index (χ1) is 12.0. The Hall–Kier alpha value is -2.83. The number of aromatic nitrogens is 3. The average Bonchev–Trinajstić information content (AvgIpc) is 2.62. The van der Waals surface area contributed by atoms with Gasteiger partial charge in [0.2, 0.25) is 5.91 Å². The molecule has 7 heteroatoms. The molecule has 0 radical (unpaired) electrons. The zero-order valence-corrected chi connectivity index (χ0v) is 14.1. The molecule has 0 aromatic carbocycles. The first-order valence-electron chi connectivity index (χ1n) is 8.28. The monoisotopic (exact) mass is 340 g/mol. The molecule has 7 nitrogen and oxygen atoms in total. The fourth-order valence-electron chi connectivity index (χ4n) is 3.18. The van der Waals surface area contributed by atoms with Crippen molar-refractivity contribution in [2.75, 3.05) is 13.1 Å². The van der Waals surface area contributed by atoms with E-state index in [1.54, 1.807) is 19.2 Å². The molecule has 2 aromatic heterocycles. The molecule has 1 fully saturated rings. The van der Waals surface area contributed by atoms with Crippen LogP contribution in [0.5, 0.6) is 0 Å². The molecule has 0 spiro atoms. The molecule has 0 aliphatic carbocycles. The Balaban J connectivity index is 1.77. The van der Waals surface area contributed by atoms with E-state index in [1.807, 2.05) is 11.0 Å². The van der Waals surface area contributed by atoms with E-state index in [0.29, 0.717) is 17.2 Å². The van der Waals surface area contributed by atoms with Gasteiger partial charge in [0.25, 0.3) is 0 Å². The number of amides is 1. The number of piperidine rings is 1. The first kappa shape index (κ1) is 17.0. The fraction of sp³-hybridized carbons (Fsp3) is 0.389. The van der Waals surface area contributed by atoms with E-state index in [9.17, 15) is 9.59 Å². The maximum atomic E-state index is 11.6. The summed E-state index contributed by atoms with van der Waals surface area (Å²) < 4.78 is 0. The number of rotatable bonds is 4. The number of carboxylic acid groups (broad SMARTS) is 1. The maximum Gasteiger partial charge on any atom is 0.337 e. The lowest BCUT2D eigenvalue weighted by Crippen LogP contribution is -2.39. The van der Waals surface area contributed by atoms with Crippen molar-refractivity contribution < 1.29 is 14.7 Å². The van der Waals surface area contributed by atoms with Gasteiger partial charge < -0.3 is 10.0 Å². The Morgan fingerprint density at radius 1 is 1.28 bits per heavy atom. The Morgan fingerprint density at radius 3 is 2.88 bits per heavy atom. The van der Waals surface area contributed by atoms with Gasteiger partial charge >= 0.3 is 5.97 Å². The van der Waals surface area contributed by atoms with Crippen molar-refractivity contribution in [3.63, 3.8) is 0 Å². The van der Waals surface area contributed by atoms with Crippen LogP contribution in [-0.4, -0.2) is 49.9 Å². The van der Waals surface area contributed by atoms with Crippen LogP contribution in [0.2, 0.25) is 0 Å². The predicted octanol–water partition coefficient (Wildman–Crippen LogP) is 2.04. The number of aromatic carboxylic acids is 1. The molecular formula is C18H20N4O3. The van der Waals surface area contributed by atoms with Gasteiger partial charge in [-0.05, 0) is 37.3 Å². The molecule has 130 valence electrons. The molecule has 2 aromatic rings. The summed E-state index contributed by atoms with van der Waals surface area (Å²) in [6.07, 6.45) is 7.24. The van der Waals surface area contributed by atoms with Crippen LogP contribution in [-0.2, 0) is 11.2 Å². The van der Waals surface area contributed by atoms with E-state index in [0.717, 1.165) is 38.0 Å². The summed E-state index contributed by atoms with van der Waals surface area (Å²) in [6, 6.07) is 3.43. The smallest absolute Gasteiger partial charge is 0.337 e. The molecule has 3 heterocycles. The fourth-order valence-corrected chi connectivity index (χ4v) is 3.18. The maximum absolute atomic E-state index is 11.6. The van der Waals surface area contributed by atoms with Crippen molar-refractivity contribution in [3.05, 3.63) is 42.1 Å². The zero-order chi connectivity index (χ0) is 17.8. The lowest BCUT2D eigenvalue weighted by molar-refractivity contribution is -0.130. The van der Waals surface area contributed by atoms with Crippen LogP contribution in [0.1, 0.15) is 35.8 Å². The molecule has 1 aliphatic heterocycles. The van der Waals surface area contributed by atoms with Gasteiger partial charge in [-0.3, -0.25) is 9.78 Å². The molecule has 25 heavy (non-hydrogen) atoms. The quantitative estimate of drug-likeness (QED) is 0.915. The van der Waals surface area contributed by atoms with Crippen LogP contribution in [0, 0.1) is 5.92 Å². The lowest BCUT2D eigenvalue weighted by atomic mass is 9.93. The largest absolute Gasteiger partial charge is 0.478 e. The third-order valence-corrected chi connectivity index (χ3v) is 4.47. The summed E-state index contributed by atoms with van der Waals surface area (Å²) in [6.45, 7) is 3.19. The number of carbonyl (C=O) groups is 2. The third kappa shape index (κ3) is 4.17. The van der Waals surface area contributed by atoms with Gasteiger partial charge in [-0.15, -0.1) is 0 Å².